The Morgan fingerprint density at radius 2 is 0.778 bits per heavy atom. The summed E-state index contributed by atoms with van der Waals surface area (Å²) in [5.41, 5.74) is 6.13. The molecule has 272 valence electrons. The van der Waals surface area contributed by atoms with Gasteiger partial charge in [-0.3, -0.25) is 29.6 Å². The third-order valence-corrected chi connectivity index (χ3v) is 8.94. The lowest BCUT2D eigenvalue weighted by Gasteiger charge is -2.13. The highest BCUT2D eigenvalue weighted by molar-refractivity contribution is 6.11. The Hall–Kier alpha value is -7.03. The first-order chi connectivity index (χ1) is 26.4. The Kier molecular flexibility index (Phi) is 9.65. The molecule has 4 aromatic rings. The molecule has 4 aliphatic rings. The van der Waals surface area contributed by atoms with Crippen LogP contribution in [0.3, 0.4) is 0 Å². The van der Waals surface area contributed by atoms with E-state index in [0.717, 1.165) is 71.8 Å². The number of carbonyl (C=O) groups is 3. The van der Waals surface area contributed by atoms with E-state index in [0.29, 0.717) is 60.1 Å². The zero-order valence-electron chi connectivity index (χ0n) is 29.3. The van der Waals surface area contributed by atoms with E-state index in [1.807, 2.05) is 36.4 Å². The van der Waals surface area contributed by atoms with E-state index in [9.17, 15) is 14.4 Å². The summed E-state index contributed by atoms with van der Waals surface area (Å²) in [5, 5.41) is 24.7. The molecule has 4 aromatic carbocycles. The molecule has 0 atom stereocenters. The van der Waals surface area contributed by atoms with E-state index >= 15 is 0 Å². The van der Waals surface area contributed by atoms with Crippen LogP contribution in [0.15, 0.2) is 105 Å². The largest absolute Gasteiger partial charge is 0.368 e. The van der Waals surface area contributed by atoms with Gasteiger partial charge in [-0.05, 0) is 72.8 Å². The molecule has 0 saturated carbocycles. The monoisotopic (exact) mass is 722 g/mol. The number of amidine groups is 4. The number of anilines is 4. The molecule has 0 unspecified atom stereocenters. The summed E-state index contributed by atoms with van der Waals surface area (Å²) < 4.78 is 0. The summed E-state index contributed by atoms with van der Waals surface area (Å²) in [5.74, 6) is 2.40. The van der Waals surface area contributed by atoms with Crippen molar-refractivity contribution in [2.75, 3.05) is 73.6 Å². The van der Waals surface area contributed by atoms with E-state index in [1.165, 1.54) is 0 Å². The number of hydrogen-bond acceptors (Lipinski definition) is 11. The van der Waals surface area contributed by atoms with Gasteiger partial charge >= 0.3 is 6.03 Å². The Morgan fingerprint density at radius 3 is 1.09 bits per heavy atom. The third kappa shape index (κ3) is 7.89. The van der Waals surface area contributed by atoms with Crippen LogP contribution in [0, 0.1) is 0 Å². The minimum absolute atomic E-state index is 0.346. The molecule has 8 rings (SSSR count). The van der Waals surface area contributed by atoms with Crippen molar-refractivity contribution in [1.82, 2.24) is 21.3 Å². The Balaban J connectivity index is 0.922. The predicted molar refractivity (Wildman–Crippen MR) is 212 cm³/mol. The minimum Gasteiger partial charge on any atom is -0.368 e. The summed E-state index contributed by atoms with van der Waals surface area (Å²) in [6, 6.07) is 24.2. The SMILES string of the molecule is O=C(Nc1cccc(C(=O)Nc2cc(C3=NCCN3)cc(C3=NCCN3)c2)c1)Nc1cccc(C(=O)Nc2cc(C3=NCCN3)cc(C3=NCCN3)c2)c1. The van der Waals surface area contributed by atoms with E-state index in [4.69, 9.17) is 0 Å². The second kappa shape index (κ2) is 15.3. The molecule has 0 saturated heterocycles. The average Bonchev–Trinajstić information content (AvgIpc) is 4.03. The van der Waals surface area contributed by atoms with Crippen LogP contribution in [0.1, 0.15) is 43.0 Å². The highest BCUT2D eigenvalue weighted by atomic mass is 16.2. The summed E-state index contributed by atoms with van der Waals surface area (Å²) in [6.07, 6.45) is 0. The molecule has 4 amide bonds. The van der Waals surface area contributed by atoms with Gasteiger partial charge in [0.05, 0.1) is 26.2 Å². The molecule has 54 heavy (non-hydrogen) atoms. The van der Waals surface area contributed by atoms with Gasteiger partial charge in [0.15, 0.2) is 0 Å². The maximum atomic E-state index is 13.4. The topological polar surface area (TPSA) is 197 Å². The molecule has 15 heteroatoms. The molecule has 4 heterocycles. The van der Waals surface area contributed by atoms with Crippen LogP contribution in [0.5, 0.6) is 0 Å². The van der Waals surface area contributed by atoms with Crippen LogP contribution >= 0.6 is 0 Å². The van der Waals surface area contributed by atoms with Gasteiger partial charge in [0.2, 0.25) is 0 Å². The van der Waals surface area contributed by atoms with Crippen molar-refractivity contribution < 1.29 is 14.4 Å². The van der Waals surface area contributed by atoms with Gasteiger partial charge in [0.25, 0.3) is 11.8 Å². The van der Waals surface area contributed by atoms with Gasteiger partial charge < -0.3 is 42.5 Å². The number of nitrogens with one attached hydrogen (secondary N) is 8. The molecule has 0 aliphatic carbocycles. The first-order valence-corrected chi connectivity index (χ1v) is 17.8. The lowest BCUT2D eigenvalue weighted by Crippen LogP contribution is -2.23. The van der Waals surface area contributed by atoms with Crippen LogP contribution in [0.2, 0.25) is 0 Å². The molecular weight excluding hydrogens is 685 g/mol. The molecule has 0 radical (unpaired) electrons. The van der Waals surface area contributed by atoms with Crippen molar-refractivity contribution >= 4 is 63.9 Å². The molecule has 15 nitrogen and oxygen atoms in total. The van der Waals surface area contributed by atoms with E-state index in [-0.39, 0.29) is 11.8 Å². The van der Waals surface area contributed by atoms with E-state index in [1.54, 1.807) is 48.5 Å². The Bertz CT molecular complexity index is 2040. The fraction of sp³-hybridized carbons (Fsp3) is 0.205. The lowest BCUT2D eigenvalue weighted by molar-refractivity contribution is 0.101. The van der Waals surface area contributed by atoms with E-state index in [2.05, 4.69) is 62.5 Å². The summed E-state index contributed by atoms with van der Waals surface area (Å²) in [7, 11) is 0. The van der Waals surface area contributed by atoms with Gasteiger partial charge in [0, 0.05) is 82.3 Å². The van der Waals surface area contributed by atoms with Crippen LogP contribution < -0.4 is 42.5 Å². The average molecular weight is 723 g/mol. The molecule has 0 fully saturated rings. The standard InChI is InChI=1S/C39H38N12O3/c52-37(48-31-19-25(33-40-7-8-41-33)15-26(20-31)34-42-9-10-43-34)23-3-1-5-29(17-23)50-39(54)51-30-6-2-4-24(18-30)38(53)49-32-21-27(35-44-11-12-45-35)16-28(22-32)36-46-13-14-47-36/h1-6,15-22H,7-14H2,(H,40,41)(H,42,43)(H,44,45)(H,46,47)(H,48,52)(H,49,53)(H2,50,51,54). The fourth-order valence-corrected chi connectivity index (χ4v) is 6.49. The number of benzene rings is 4. The molecule has 0 bridgehead atoms. The van der Waals surface area contributed by atoms with Gasteiger partial charge in [-0.15, -0.1) is 0 Å². The number of aliphatic imine (C=N–C) groups is 4. The van der Waals surface area contributed by atoms with Crippen molar-refractivity contribution in [2.45, 2.75) is 0 Å². The molecule has 0 aromatic heterocycles. The van der Waals surface area contributed by atoms with Gasteiger partial charge in [-0.1, -0.05) is 12.1 Å². The first kappa shape index (κ1) is 34.1. The third-order valence-electron chi connectivity index (χ3n) is 8.94. The highest BCUT2D eigenvalue weighted by Gasteiger charge is 2.19. The smallest absolute Gasteiger partial charge is 0.323 e. The molecule has 0 spiro atoms. The molecule has 4 aliphatic heterocycles. The second-order valence-corrected chi connectivity index (χ2v) is 12.9. The van der Waals surface area contributed by atoms with Crippen molar-refractivity contribution in [2.24, 2.45) is 20.0 Å². The van der Waals surface area contributed by atoms with Gasteiger partial charge in [0.1, 0.15) is 23.3 Å². The molecular formula is C39H38N12O3. The van der Waals surface area contributed by atoms with Crippen molar-refractivity contribution in [3.63, 3.8) is 0 Å². The predicted octanol–water partition coefficient (Wildman–Crippen LogP) is 3.23. The Labute approximate surface area is 311 Å². The highest BCUT2D eigenvalue weighted by Crippen LogP contribution is 2.22. The number of urea groups is 1. The summed E-state index contributed by atoms with van der Waals surface area (Å²) in [6.45, 7) is 5.79. The molecule has 8 N–H and O–H groups in total. The number of hydrogen-bond donors (Lipinski definition) is 8. The minimum atomic E-state index is -0.538. The number of nitrogens with zero attached hydrogens (tertiary/aromatic N) is 4. The van der Waals surface area contributed by atoms with Crippen LogP contribution in [0.25, 0.3) is 0 Å². The van der Waals surface area contributed by atoms with Gasteiger partial charge in [-0.2, -0.15) is 0 Å². The van der Waals surface area contributed by atoms with E-state index < -0.39 is 6.03 Å². The van der Waals surface area contributed by atoms with Crippen LogP contribution in [-0.4, -0.2) is 93.5 Å². The van der Waals surface area contributed by atoms with Crippen LogP contribution in [-0.2, 0) is 0 Å². The fourth-order valence-electron chi connectivity index (χ4n) is 6.49. The first-order valence-electron chi connectivity index (χ1n) is 17.8. The summed E-state index contributed by atoms with van der Waals surface area (Å²) >= 11 is 0. The number of amides is 4. The Morgan fingerprint density at radius 1 is 0.426 bits per heavy atom. The van der Waals surface area contributed by atoms with Gasteiger partial charge in [-0.25, -0.2) is 4.79 Å². The quantitative estimate of drug-likeness (QED) is 0.123. The zero-order chi connectivity index (χ0) is 36.9. The van der Waals surface area contributed by atoms with Crippen molar-refractivity contribution in [1.29, 1.82) is 0 Å². The second-order valence-electron chi connectivity index (χ2n) is 12.9. The zero-order valence-corrected chi connectivity index (χ0v) is 29.3. The van der Waals surface area contributed by atoms with Crippen molar-refractivity contribution in [3.8, 4) is 0 Å². The summed E-state index contributed by atoms with van der Waals surface area (Å²) in [4.78, 5) is 58.1. The lowest BCUT2D eigenvalue weighted by atomic mass is 10.1. The number of rotatable bonds is 10. The number of carbonyl (C=O) groups excluding carboxylic acids is 3. The van der Waals surface area contributed by atoms with Crippen LogP contribution in [0.4, 0.5) is 27.5 Å². The van der Waals surface area contributed by atoms with Crippen molar-refractivity contribution in [3.05, 3.63) is 118 Å². The maximum absolute atomic E-state index is 13.4. The normalized spacial score (nSPS) is 15.7. The maximum Gasteiger partial charge on any atom is 0.323 e.